The van der Waals surface area contributed by atoms with Crippen molar-refractivity contribution in [3.8, 4) is 16.6 Å². The van der Waals surface area contributed by atoms with Gasteiger partial charge >= 0.3 is 0 Å². The van der Waals surface area contributed by atoms with Gasteiger partial charge in [0.05, 0.1) is 12.5 Å². The molecule has 22 heavy (non-hydrogen) atoms. The number of hydrogen-bond acceptors (Lipinski definition) is 5. The number of hydrogen-bond donors (Lipinski definition) is 1. The van der Waals surface area contributed by atoms with E-state index < -0.39 is 0 Å². The maximum absolute atomic E-state index is 12.2. The van der Waals surface area contributed by atoms with E-state index in [2.05, 4.69) is 16.4 Å². The predicted octanol–water partition coefficient (Wildman–Crippen LogP) is 4.19. The van der Waals surface area contributed by atoms with Crippen LogP contribution in [-0.4, -0.2) is 10.9 Å². The second-order valence-electron chi connectivity index (χ2n) is 4.54. The Morgan fingerprint density at radius 1 is 1.23 bits per heavy atom. The molecule has 4 nitrogen and oxygen atoms in total. The van der Waals surface area contributed by atoms with E-state index in [9.17, 15) is 4.79 Å². The van der Waals surface area contributed by atoms with E-state index in [1.54, 1.807) is 28.8 Å². The number of thiophene rings is 1. The Hall–Kier alpha value is -2.49. The molecule has 0 saturated heterocycles. The van der Waals surface area contributed by atoms with Gasteiger partial charge in [0.1, 0.15) is 10.7 Å². The van der Waals surface area contributed by atoms with Gasteiger partial charge in [-0.15, -0.1) is 11.3 Å². The number of aromatic nitrogens is 1. The molecule has 1 amide bonds. The molecule has 1 aromatic carbocycles. The van der Waals surface area contributed by atoms with Gasteiger partial charge in [-0.05, 0) is 29.1 Å². The fourth-order valence-electron chi connectivity index (χ4n) is 1.89. The van der Waals surface area contributed by atoms with Crippen molar-refractivity contribution in [1.82, 2.24) is 4.98 Å². The summed E-state index contributed by atoms with van der Waals surface area (Å²) in [6.45, 7) is 0. The minimum atomic E-state index is -0.231. The Labute approximate surface area is 135 Å². The summed E-state index contributed by atoms with van der Waals surface area (Å²) in [4.78, 5) is 16.6. The Morgan fingerprint density at radius 3 is 2.73 bits per heavy atom. The van der Waals surface area contributed by atoms with Crippen LogP contribution in [0, 0.1) is 11.3 Å². The molecule has 0 unspecified atom stereocenters. The third kappa shape index (κ3) is 3.22. The lowest BCUT2D eigenvalue weighted by molar-refractivity contribution is 0.102. The summed E-state index contributed by atoms with van der Waals surface area (Å²) in [5.41, 5.74) is 3.06. The quantitative estimate of drug-likeness (QED) is 0.782. The fraction of sp³-hybridized carbons (Fsp3) is 0.0625. The van der Waals surface area contributed by atoms with Crippen molar-refractivity contribution in [2.45, 2.75) is 6.42 Å². The highest BCUT2D eigenvalue weighted by atomic mass is 32.1. The number of carbonyl (C=O) groups excluding carboxylic acids is 1. The highest BCUT2D eigenvalue weighted by molar-refractivity contribution is 7.14. The van der Waals surface area contributed by atoms with E-state index in [1.165, 1.54) is 11.3 Å². The molecule has 0 aliphatic heterocycles. The zero-order valence-corrected chi connectivity index (χ0v) is 13.1. The number of nitriles is 1. The Kier molecular flexibility index (Phi) is 4.28. The van der Waals surface area contributed by atoms with E-state index >= 15 is 0 Å². The number of benzene rings is 1. The summed E-state index contributed by atoms with van der Waals surface area (Å²) in [6, 6.07) is 11.3. The zero-order chi connectivity index (χ0) is 15.4. The maximum Gasteiger partial charge on any atom is 0.275 e. The molecule has 0 aliphatic carbocycles. The molecule has 1 N–H and O–H groups in total. The van der Waals surface area contributed by atoms with Crippen LogP contribution in [-0.2, 0) is 6.42 Å². The SMILES string of the molecule is N#CCc1ccc(NC(=O)c2csc(-c3ccsc3)n2)cc1. The summed E-state index contributed by atoms with van der Waals surface area (Å²) in [5.74, 6) is -0.231. The van der Waals surface area contributed by atoms with E-state index in [4.69, 9.17) is 5.26 Å². The molecule has 0 aliphatic rings. The summed E-state index contributed by atoms with van der Waals surface area (Å²) in [7, 11) is 0. The molecular weight excluding hydrogens is 314 g/mol. The van der Waals surface area contributed by atoms with Gasteiger partial charge in [-0.3, -0.25) is 4.79 Å². The molecule has 0 fully saturated rings. The average Bonchev–Trinajstić information content (AvgIpc) is 3.20. The van der Waals surface area contributed by atoms with Crippen LogP contribution in [0.5, 0.6) is 0 Å². The number of nitrogens with one attached hydrogen (secondary N) is 1. The van der Waals surface area contributed by atoms with Gasteiger partial charge in [0.15, 0.2) is 0 Å². The minimum Gasteiger partial charge on any atom is -0.321 e. The van der Waals surface area contributed by atoms with Crippen LogP contribution in [0.2, 0.25) is 0 Å². The first-order valence-corrected chi connectivity index (χ1v) is 8.34. The van der Waals surface area contributed by atoms with Crippen molar-refractivity contribution < 1.29 is 4.79 Å². The molecular formula is C16H11N3OS2. The molecule has 0 radical (unpaired) electrons. The van der Waals surface area contributed by atoms with Gasteiger partial charge in [-0.25, -0.2) is 4.98 Å². The molecule has 3 rings (SSSR count). The largest absolute Gasteiger partial charge is 0.321 e. The van der Waals surface area contributed by atoms with Crippen LogP contribution >= 0.6 is 22.7 Å². The highest BCUT2D eigenvalue weighted by Crippen LogP contribution is 2.26. The molecule has 2 heterocycles. The van der Waals surface area contributed by atoms with Crippen molar-refractivity contribution in [3.05, 3.63) is 57.7 Å². The average molecular weight is 325 g/mol. The first-order valence-electron chi connectivity index (χ1n) is 6.51. The Bertz CT molecular complexity index is 814. The monoisotopic (exact) mass is 325 g/mol. The van der Waals surface area contributed by atoms with E-state index in [1.807, 2.05) is 29.0 Å². The number of rotatable bonds is 4. The van der Waals surface area contributed by atoms with Crippen molar-refractivity contribution in [1.29, 1.82) is 5.26 Å². The summed E-state index contributed by atoms with van der Waals surface area (Å²) in [6.07, 6.45) is 0.365. The smallest absolute Gasteiger partial charge is 0.275 e. The number of nitrogens with zero attached hydrogens (tertiary/aromatic N) is 2. The summed E-state index contributed by atoms with van der Waals surface area (Å²) in [5, 5.41) is 18.0. The second-order valence-corrected chi connectivity index (χ2v) is 6.17. The van der Waals surface area contributed by atoms with Gasteiger partial charge in [0.2, 0.25) is 0 Å². The van der Waals surface area contributed by atoms with Crippen molar-refractivity contribution >= 4 is 34.3 Å². The molecule has 3 aromatic rings. The standard InChI is InChI=1S/C16H11N3OS2/c17-7-5-11-1-3-13(4-2-11)18-15(20)14-10-22-16(19-14)12-6-8-21-9-12/h1-4,6,8-10H,5H2,(H,18,20). The second kappa shape index (κ2) is 6.52. The first-order chi connectivity index (χ1) is 10.8. The van der Waals surface area contributed by atoms with E-state index in [-0.39, 0.29) is 5.91 Å². The third-order valence-corrected chi connectivity index (χ3v) is 4.57. The molecule has 0 spiro atoms. The first kappa shape index (κ1) is 14.4. The molecule has 2 aromatic heterocycles. The minimum absolute atomic E-state index is 0.231. The lowest BCUT2D eigenvalue weighted by atomic mass is 10.1. The number of thiazole rings is 1. The third-order valence-electron chi connectivity index (χ3n) is 3.00. The van der Waals surface area contributed by atoms with Gasteiger partial charge in [0.25, 0.3) is 5.91 Å². The topological polar surface area (TPSA) is 65.8 Å². The lowest BCUT2D eigenvalue weighted by Gasteiger charge is -2.03. The number of amides is 1. The van der Waals surface area contributed by atoms with Crippen LogP contribution in [0.1, 0.15) is 16.1 Å². The van der Waals surface area contributed by atoms with Crippen LogP contribution in [0.3, 0.4) is 0 Å². The van der Waals surface area contributed by atoms with Crippen LogP contribution in [0.4, 0.5) is 5.69 Å². The summed E-state index contributed by atoms with van der Waals surface area (Å²) >= 11 is 3.06. The molecule has 6 heteroatoms. The van der Waals surface area contributed by atoms with Crippen molar-refractivity contribution in [3.63, 3.8) is 0 Å². The van der Waals surface area contributed by atoms with E-state index in [0.717, 1.165) is 16.1 Å². The molecule has 0 saturated carbocycles. The van der Waals surface area contributed by atoms with E-state index in [0.29, 0.717) is 17.8 Å². The van der Waals surface area contributed by atoms with Gasteiger partial charge in [0, 0.05) is 22.0 Å². The normalized spacial score (nSPS) is 10.1. The molecule has 0 bridgehead atoms. The van der Waals surface area contributed by atoms with Gasteiger partial charge in [-0.2, -0.15) is 16.6 Å². The lowest BCUT2D eigenvalue weighted by Crippen LogP contribution is -2.12. The molecule has 0 atom stereocenters. The molecule has 108 valence electrons. The highest BCUT2D eigenvalue weighted by Gasteiger charge is 2.12. The Morgan fingerprint density at radius 2 is 2.05 bits per heavy atom. The maximum atomic E-state index is 12.2. The number of carbonyl (C=O) groups is 1. The Balaban J connectivity index is 1.71. The predicted molar refractivity (Wildman–Crippen MR) is 89.1 cm³/mol. The number of anilines is 1. The van der Waals surface area contributed by atoms with Crippen molar-refractivity contribution in [2.75, 3.05) is 5.32 Å². The fourth-order valence-corrected chi connectivity index (χ4v) is 3.40. The van der Waals surface area contributed by atoms with Crippen molar-refractivity contribution in [2.24, 2.45) is 0 Å². The zero-order valence-electron chi connectivity index (χ0n) is 11.4. The van der Waals surface area contributed by atoms with Crippen LogP contribution in [0.15, 0.2) is 46.5 Å². The summed E-state index contributed by atoms with van der Waals surface area (Å²) < 4.78 is 0. The van der Waals surface area contributed by atoms with Gasteiger partial charge < -0.3 is 5.32 Å². The van der Waals surface area contributed by atoms with Crippen LogP contribution in [0.25, 0.3) is 10.6 Å². The van der Waals surface area contributed by atoms with Gasteiger partial charge in [-0.1, -0.05) is 12.1 Å². The van der Waals surface area contributed by atoms with Crippen LogP contribution < -0.4 is 5.32 Å².